The first-order valence-corrected chi connectivity index (χ1v) is 7.53. The van der Waals surface area contributed by atoms with Gasteiger partial charge in [0, 0.05) is 10.6 Å². The van der Waals surface area contributed by atoms with Gasteiger partial charge in [0.2, 0.25) is 0 Å². The van der Waals surface area contributed by atoms with Crippen molar-refractivity contribution in [2.75, 3.05) is 11.5 Å². The van der Waals surface area contributed by atoms with Crippen molar-refractivity contribution in [1.82, 2.24) is 0 Å². The molecule has 1 aliphatic heterocycles. The molecule has 1 aliphatic rings. The Morgan fingerprint density at radius 1 is 1.54 bits per heavy atom. The van der Waals surface area contributed by atoms with E-state index >= 15 is 0 Å². The topological polar surface area (TPSA) is 0 Å². The van der Waals surface area contributed by atoms with Crippen LogP contribution in [0.3, 0.4) is 0 Å². The first-order chi connectivity index (χ1) is 6.25. The van der Waals surface area contributed by atoms with Gasteiger partial charge < -0.3 is 0 Å². The normalized spacial score (nSPS) is 28.2. The second-order valence-electron chi connectivity index (χ2n) is 3.28. The summed E-state index contributed by atoms with van der Waals surface area (Å²) in [5.41, 5.74) is 1.40. The van der Waals surface area contributed by atoms with Gasteiger partial charge in [0.05, 0.1) is 4.34 Å². The zero-order valence-electron chi connectivity index (χ0n) is 7.00. The Morgan fingerprint density at radius 2 is 2.38 bits per heavy atom. The molecule has 13 heavy (non-hydrogen) atoms. The van der Waals surface area contributed by atoms with Crippen molar-refractivity contribution in [2.45, 2.75) is 11.2 Å². The zero-order chi connectivity index (χ0) is 9.26. The van der Waals surface area contributed by atoms with Crippen molar-refractivity contribution >= 4 is 50.6 Å². The van der Waals surface area contributed by atoms with E-state index in [1.807, 2.05) is 11.8 Å². The number of thiophene rings is 1. The number of hydrogen-bond acceptors (Lipinski definition) is 2. The first-order valence-electron chi connectivity index (χ1n) is 4.20. The molecular formula is C9H10BrClS2. The fraction of sp³-hybridized carbons (Fsp3) is 0.556. The lowest BCUT2D eigenvalue weighted by Crippen LogP contribution is -2.13. The lowest BCUT2D eigenvalue weighted by atomic mass is 10.0. The molecule has 2 unspecified atom stereocenters. The van der Waals surface area contributed by atoms with Crippen LogP contribution < -0.4 is 0 Å². The molecule has 2 heterocycles. The van der Waals surface area contributed by atoms with Crippen molar-refractivity contribution in [3.05, 3.63) is 21.3 Å². The Kier molecular flexibility index (Phi) is 3.63. The van der Waals surface area contributed by atoms with E-state index in [2.05, 4.69) is 27.4 Å². The minimum atomic E-state index is 0.691. The Labute approximate surface area is 100 Å². The van der Waals surface area contributed by atoms with E-state index in [-0.39, 0.29) is 0 Å². The van der Waals surface area contributed by atoms with Crippen LogP contribution in [0, 0.1) is 5.92 Å². The van der Waals surface area contributed by atoms with Crippen molar-refractivity contribution in [3.8, 4) is 0 Å². The van der Waals surface area contributed by atoms with E-state index in [9.17, 15) is 0 Å². The molecule has 72 valence electrons. The molecule has 0 aliphatic carbocycles. The smallest absolute Gasteiger partial charge is 0.0931 e. The van der Waals surface area contributed by atoms with Crippen LogP contribution in [0.15, 0.2) is 11.4 Å². The molecule has 0 bridgehead atoms. The Balaban J connectivity index is 1.97. The molecule has 4 heteroatoms. The van der Waals surface area contributed by atoms with Gasteiger partial charge in [-0.05, 0) is 35.1 Å². The highest BCUT2D eigenvalue weighted by Crippen LogP contribution is 2.33. The Morgan fingerprint density at radius 3 is 2.92 bits per heavy atom. The monoisotopic (exact) mass is 296 g/mol. The third-order valence-corrected chi connectivity index (χ3v) is 6.14. The maximum absolute atomic E-state index is 5.88. The van der Waals surface area contributed by atoms with Crippen LogP contribution in [0.2, 0.25) is 4.34 Å². The van der Waals surface area contributed by atoms with Gasteiger partial charge in [-0.15, -0.1) is 11.3 Å². The molecule has 1 saturated heterocycles. The molecule has 0 amide bonds. The van der Waals surface area contributed by atoms with Gasteiger partial charge in [0.1, 0.15) is 0 Å². The molecule has 2 rings (SSSR count). The summed E-state index contributed by atoms with van der Waals surface area (Å²) >= 11 is 13.3. The molecule has 1 aromatic heterocycles. The zero-order valence-corrected chi connectivity index (χ0v) is 11.0. The summed E-state index contributed by atoms with van der Waals surface area (Å²) in [6, 6.07) is 2.09. The predicted molar refractivity (Wildman–Crippen MR) is 66.6 cm³/mol. The number of thioether (sulfide) groups is 1. The molecule has 0 nitrogen and oxygen atoms in total. The Bertz CT molecular complexity index is 287. The summed E-state index contributed by atoms with van der Waals surface area (Å²) in [6.07, 6.45) is 1.17. The van der Waals surface area contributed by atoms with Gasteiger partial charge in [0.15, 0.2) is 0 Å². The molecule has 1 fully saturated rings. The van der Waals surface area contributed by atoms with E-state index in [1.165, 1.54) is 23.5 Å². The summed E-state index contributed by atoms with van der Waals surface area (Å²) in [6.45, 7) is 0. The average molecular weight is 298 g/mol. The minimum absolute atomic E-state index is 0.691. The predicted octanol–water partition coefficient (Wildman–Crippen LogP) is 4.07. The quantitative estimate of drug-likeness (QED) is 0.742. The second-order valence-corrected chi connectivity index (χ2v) is 7.07. The maximum Gasteiger partial charge on any atom is 0.0931 e. The summed E-state index contributed by atoms with van der Waals surface area (Å²) in [7, 11) is 0. The SMILES string of the molecule is Clc1cc(CC2CSCC2Br)cs1. The number of halogens is 2. The fourth-order valence-electron chi connectivity index (χ4n) is 1.51. The van der Waals surface area contributed by atoms with E-state index in [4.69, 9.17) is 11.6 Å². The third kappa shape index (κ3) is 2.65. The molecule has 0 aromatic carbocycles. The number of alkyl halides is 1. The van der Waals surface area contributed by atoms with Gasteiger partial charge in [-0.25, -0.2) is 0 Å². The van der Waals surface area contributed by atoms with Gasteiger partial charge in [0.25, 0.3) is 0 Å². The van der Waals surface area contributed by atoms with Gasteiger partial charge in [-0.1, -0.05) is 27.5 Å². The minimum Gasteiger partial charge on any atom is -0.160 e. The van der Waals surface area contributed by atoms with Crippen molar-refractivity contribution in [3.63, 3.8) is 0 Å². The lowest BCUT2D eigenvalue weighted by molar-refractivity contribution is 0.617. The molecule has 1 aromatic rings. The third-order valence-electron chi connectivity index (χ3n) is 2.24. The number of hydrogen-bond donors (Lipinski definition) is 0. The van der Waals surface area contributed by atoms with Gasteiger partial charge in [-0.3, -0.25) is 0 Å². The Hall–Kier alpha value is 0.820. The van der Waals surface area contributed by atoms with E-state index in [0.717, 1.165) is 10.3 Å². The lowest BCUT2D eigenvalue weighted by Gasteiger charge is -2.10. The van der Waals surface area contributed by atoms with E-state index in [1.54, 1.807) is 11.3 Å². The van der Waals surface area contributed by atoms with Gasteiger partial charge in [-0.2, -0.15) is 11.8 Å². The highest BCUT2D eigenvalue weighted by atomic mass is 79.9. The molecule has 0 radical (unpaired) electrons. The summed E-state index contributed by atoms with van der Waals surface area (Å²) in [4.78, 5) is 0.691. The molecular weight excluding hydrogens is 288 g/mol. The largest absolute Gasteiger partial charge is 0.160 e. The first kappa shape index (κ1) is 10.3. The van der Waals surface area contributed by atoms with Crippen LogP contribution in [0.5, 0.6) is 0 Å². The summed E-state index contributed by atoms with van der Waals surface area (Å²) < 4.78 is 0.909. The van der Waals surface area contributed by atoms with Gasteiger partial charge >= 0.3 is 0 Å². The highest BCUT2D eigenvalue weighted by molar-refractivity contribution is 9.09. The van der Waals surface area contributed by atoms with Crippen molar-refractivity contribution in [1.29, 1.82) is 0 Å². The van der Waals surface area contributed by atoms with E-state index < -0.39 is 0 Å². The van der Waals surface area contributed by atoms with Crippen LogP contribution in [-0.2, 0) is 6.42 Å². The van der Waals surface area contributed by atoms with Crippen LogP contribution >= 0.6 is 50.6 Å². The maximum atomic E-state index is 5.88. The average Bonchev–Trinajstić information content (AvgIpc) is 2.64. The fourth-order valence-corrected chi connectivity index (χ4v) is 4.90. The summed E-state index contributed by atoms with van der Waals surface area (Å²) in [5, 5.41) is 2.17. The standard InChI is InChI=1S/C9H10BrClS2/c10-8-5-12-4-7(8)1-6-2-9(11)13-3-6/h2-3,7-8H,1,4-5H2. The molecule has 0 spiro atoms. The van der Waals surface area contributed by atoms with Crippen LogP contribution in [-0.4, -0.2) is 16.3 Å². The molecule has 0 saturated carbocycles. The van der Waals surface area contributed by atoms with Crippen LogP contribution in [0.25, 0.3) is 0 Å². The molecule has 2 atom stereocenters. The molecule has 0 N–H and O–H groups in total. The van der Waals surface area contributed by atoms with Crippen molar-refractivity contribution < 1.29 is 0 Å². The number of rotatable bonds is 2. The van der Waals surface area contributed by atoms with Crippen LogP contribution in [0.4, 0.5) is 0 Å². The summed E-state index contributed by atoms with van der Waals surface area (Å²) in [5.74, 6) is 3.32. The highest BCUT2D eigenvalue weighted by Gasteiger charge is 2.25. The second kappa shape index (κ2) is 4.56. The van der Waals surface area contributed by atoms with E-state index in [0.29, 0.717) is 4.83 Å². The van der Waals surface area contributed by atoms with Crippen LogP contribution in [0.1, 0.15) is 5.56 Å². The van der Waals surface area contributed by atoms with Crippen molar-refractivity contribution in [2.24, 2.45) is 5.92 Å².